The number of rotatable bonds is 7. The van der Waals surface area contributed by atoms with Gasteiger partial charge in [-0.05, 0) is 36.8 Å². The average Bonchev–Trinajstić information content (AvgIpc) is 3.16. The highest BCUT2D eigenvalue weighted by Gasteiger charge is 2.06. The smallest absolute Gasteiger partial charge is 0.266 e. The van der Waals surface area contributed by atoms with Crippen molar-refractivity contribution in [1.29, 1.82) is 0 Å². The van der Waals surface area contributed by atoms with Crippen molar-refractivity contribution in [2.45, 2.75) is 25.9 Å². The summed E-state index contributed by atoms with van der Waals surface area (Å²) in [4.78, 5) is 27.7. The first-order chi connectivity index (χ1) is 12.2. The van der Waals surface area contributed by atoms with Crippen LogP contribution >= 0.6 is 0 Å². The van der Waals surface area contributed by atoms with Crippen LogP contribution < -0.4 is 10.9 Å². The zero-order chi connectivity index (χ0) is 17.5. The van der Waals surface area contributed by atoms with E-state index in [1.54, 1.807) is 36.9 Å². The molecule has 0 unspecified atom stereocenters. The molecule has 0 aliphatic carbocycles. The van der Waals surface area contributed by atoms with Crippen LogP contribution in [0.4, 0.5) is 0 Å². The molecule has 7 heteroatoms. The van der Waals surface area contributed by atoms with Crippen LogP contribution in [0.25, 0.3) is 11.3 Å². The SMILES string of the molecule is O=C(CCCn1nc(-c2ccncc2)ccc1=O)NCc1ccco1. The number of aryl methyl sites for hydroxylation is 1. The summed E-state index contributed by atoms with van der Waals surface area (Å²) in [7, 11) is 0. The minimum absolute atomic E-state index is 0.0882. The summed E-state index contributed by atoms with van der Waals surface area (Å²) in [5.74, 6) is 0.617. The van der Waals surface area contributed by atoms with Gasteiger partial charge in [-0.25, -0.2) is 4.68 Å². The summed E-state index contributed by atoms with van der Waals surface area (Å²) in [5.41, 5.74) is 1.40. The molecule has 25 heavy (non-hydrogen) atoms. The van der Waals surface area contributed by atoms with Crippen LogP contribution in [0.1, 0.15) is 18.6 Å². The van der Waals surface area contributed by atoms with E-state index in [9.17, 15) is 9.59 Å². The highest BCUT2D eigenvalue weighted by atomic mass is 16.3. The third-order valence-electron chi connectivity index (χ3n) is 3.66. The summed E-state index contributed by atoms with van der Waals surface area (Å²) < 4.78 is 6.54. The summed E-state index contributed by atoms with van der Waals surface area (Å²) in [5, 5.41) is 7.13. The molecule has 0 aliphatic heterocycles. The van der Waals surface area contributed by atoms with Crippen LogP contribution in [0.3, 0.4) is 0 Å². The zero-order valence-electron chi connectivity index (χ0n) is 13.6. The van der Waals surface area contributed by atoms with Crippen LogP contribution in [0.2, 0.25) is 0 Å². The van der Waals surface area contributed by atoms with Crippen molar-refractivity contribution in [2.75, 3.05) is 0 Å². The molecule has 1 N–H and O–H groups in total. The standard InChI is InChI=1S/C18H18N4O3/c23-17(20-13-15-3-2-12-25-15)4-1-11-22-18(24)6-5-16(21-22)14-7-9-19-10-8-14/h2-3,5-10,12H,1,4,11,13H2,(H,20,23). The number of hydrogen-bond acceptors (Lipinski definition) is 5. The molecule has 1 amide bonds. The second-order valence-electron chi connectivity index (χ2n) is 5.48. The van der Waals surface area contributed by atoms with E-state index < -0.39 is 0 Å². The Morgan fingerprint density at radius 3 is 2.76 bits per heavy atom. The Labute approximate surface area is 144 Å². The number of aromatic nitrogens is 3. The lowest BCUT2D eigenvalue weighted by atomic mass is 10.2. The molecule has 3 heterocycles. The number of amides is 1. The van der Waals surface area contributed by atoms with Crippen molar-refractivity contribution >= 4 is 5.91 Å². The fourth-order valence-corrected chi connectivity index (χ4v) is 2.36. The van der Waals surface area contributed by atoms with Gasteiger partial charge in [0.1, 0.15) is 5.76 Å². The fraction of sp³-hybridized carbons (Fsp3) is 0.222. The van der Waals surface area contributed by atoms with Gasteiger partial charge >= 0.3 is 0 Å². The van der Waals surface area contributed by atoms with E-state index in [1.165, 1.54) is 10.7 Å². The minimum Gasteiger partial charge on any atom is -0.467 e. The predicted molar refractivity (Wildman–Crippen MR) is 91.5 cm³/mol. The van der Waals surface area contributed by atoms with Gasteiger partial charge in [-0.2, -0.15) is 5.10 Å². The Kier molecular flexibility index (Phi) is 5.36. The van der Waals surface area contributed by atoms with E-state index in [0.29, 0.717) is 37.4 Å². The molecule has 3 aromatic heterocycles. The van der Waals surface area contributed by atoms with E-state index in [4.69, 9.17) is 4.42 Å². The van der Waals surface area contributed by atoms with Gasteiger partial charge in [-0.15, -0.1) is 0 Å². The van der Waals surface area contributed by atoms with Crippen molar-refractivity contribution in [3.63, 3.8) is 0 Å². The number of hydrogen-bond donors (Lipinski definition) is 1. The summed E-state index contributed by atoms with van der Waals surface area (Å²) in [6.45, 7) is 0.744. The van der Waals surface area contributed by atoms with Crippen LogP contribution in [-0.4, -0.2) is 20.7 Å². The number of carbonyl (C=O) groups excluding carboxylic acids is 1. The Morgan fingerprint density at radius 2 is 2.00 bits per heavy atom. The molecular weight excluding hydrogens is 320 g/mol. The van der Waals surface area contributed by atoms with Gasteiger partial charge in [-0.1, -0.05) is 0 Å². The topological polar surface area (TPSA) is 90.0 Å². The Bertz CT molecular complexity index is 873. The molecule has 0 atom stereocenters. The Hall–Kier alpha value is -3.22. The molecule has 3 aromatic rings. The van der Waals surface area contributed by atoms with Crippen molar-refractivity contribution in [2.24, 2.45) is 0 Å². The maximum atomic E-state index is 11.9. The van der Waals surface area contributed by atoms with Crippen LogP contribution in [0.15, 0.2) is 64.3 Å². The quantitative estimate of drug-likeness (QED) is 0.711. The number of nitrogens with zero attached hydrogens (tertiary/aromatic N) is 3. The summed E-state index contributed by atoms with van der Waals surface area (Å²) >= 11 is 0. The highest BCUT2D eigenvalue weighted by molar-refractivity contribution is 5.75. The molecule has 0 spiro atoms. The largest absolute Gasteiger partial charge is 0.467 e. The number of nitrogens with one attached hydrogen (secondary N) is 1. The molecule has 3 rings (SSSR count). The third-order valence-corrected chi connectivity index (χ3v) is 3.66. The predicted octanol–water partition coefficient (Wildman–Crippen LogP) is 1.99. The van der Waals surface area contributed by atoms with Gasteiger partial charge in [0, 0.05) is 37.0 Å². The van der Waals surface area contributed by atoms with Crippen molar-refractivity contribution in [3.8, 4) is 11.3 Å². The molecule has 0 aliphatic rings. The number of carbonyl (C=O) groups is 1. The van der Waals surface area contributed by atoms with Crippen molar-refractivity contribution in [3.05, 3.63) is 71.2 Å². The van der Waals surface area contributed by atoms with Gasteiger partial charge in [0.05, 0.1) is 18.5 Å². The Morgan fingerprint density at radius 1 is 1.16 bits per heavy atom. The van der Waals surface area contributed by atoms with E-state index in [-0.39, 0.29) is 11.5 Å². The normalized spacial score (nSPS) is 10.6. The molecule has 7 nitrogen and oxygen atoms in total. The van der Waals surface area contributed by atoms with Gasteiger partial charge in [0.25, 0.3) is 5.56 Å². The van der Waals surface area contributed by atoms with Gasteiger partial charge in [-0.3, -0.25) is 14.6 Å². The molecule has 128 valence electrons. The first-order valence-corrected chi connectivity index (χ1v) is 8.00. The first-order valence-electron chi connectivity index (χ1n) is 8.00. The summed E-state index contributed by atoms with van der Waals surface area (Å²) in [6.07, 6.45) is 5.76. The van der Waals surface area contributed by atoms with E-state index in [2.05, 4.69) is 15.4 Å². The fourth-order valence-electron chi connectivity index (χ4n) is 2.36. The van der Waals surface area contributed by atoms with Crippen LogP contribution in [-0.2, 0) is 17.9 Å². The van der Waals surface area contributed by atoms with E-state index in [1.807, 2.05) is 12.1 Å². The van der Waals surface area contributed by atoms with E-state index in [0.717, 1.165) is 5.56 Å². The molecule has 0 radical (unpaired) electrons. The molecule has 0 fully saturated rings. The summed E-state index contributed by atoms with van der Waals surface area (Å²) in [6, 6.07) is 10.4. The van der Waals surface area contributed by atoms with Crippen LogP contribution in [0.5, 0.6) is 0 Å². The maximum Gasteiger partial charge on any atom is 0.266 e. The van der Waals surface area contributed by atoms with Gasteiger partial charge in [0.2, 0.25) is 5.91 Å². The lowest BCUT2D eigenvalue weighted by molar-refractivity contribution is -0.121. The van der Waals surface area contributed by atoms with Gasteiger partial charge < -0.3 is 9.73 Å². The van der Waals surface area contributed by atoms with Crippen LogP contribution in [0, 0.1) is 0 Å². The maximum absolute atomic E-state index is 11.9. The second kappa shape index (κ2) is 8.05. The molecular formula is C18H18N4O3. The third kappa shape index (κ3) is 4.63. The molecule has 0 aromatic carbocycles. The lowest BCUT2D eigenvalue weighted by Gasteiger charge is -2.07. The van der Waals surface area contributed by atoms with Gasteiger partial charge in [0.15, 0.2) is 0 Å². The minimum atomic E-state index is -0.186. The second-order valence-corrected chi connectivity index (χ2v) is 5.48. The molecule has 0 saturated carbocycles. The lowest BCUT2D eigenvalue weighted by Crippen LogP contribution is -2.25. The monoisotopic (exact) mass is 338 g/mol. The first kappa shape index (κ1) is 16.6. The van der Waals surface area contributed by atoms with Crippen molar-refractivity contribution < 1.29 is 9.21 Å². The average molecular weight is 338 g/mol. The number of furan rings is 1. The number of pyridine rings is 1. The molecule has 0 saturated heterocycles. The highest BCUT2D eigenvalue weighted by Crippen LogP contribution is 2.13. The van der Waals surface area contributed by atoms with Crippen molar-refractivity contribution in [1.82, 2.24) is 20.1 Å². The zero-order valence-corrected chi connectivity index (χ0v) is 13.6. The van der Waals surface area contributed by atoms with E-state index >= 15 is 0 Å². The Balaban J connectivity index is 1.54. The molecule has 0 bridgehead atoms.